The van der Waals surface area contributed by atoms with Crippen LogP contribution in [0.4, 0.5) is 4.39 Å². The van der Waals surface area contributed by atoms with Crippen LogP contribution in [0.1, 0.15) is 69.4 Å². The van der Waals surface area contributed by atoms with Crippen molar-refractivity contribution in [3.63, 3.8) is 0 Å². The summed E-state index contributed by atoms with van der Waals surface area (Å²) in [6, 6.07) is 21.6. The molecule has 2 amide bonds. The highest BCUT2D eigenvalue weighted by Gasteiger charge is 2.21. The summed E-state index contributed by atoms with van der Waals surface area (Å²) >= 11 is 0. The Labute approximate surface area is 254 Å². The smallest absolute Gasteiger partial charge is 0.224 e. The Balaban J connectivity index is 1.40. The quantitative estimate of drug-likeness (QED) is 0.134. The Morgan fingerprint density at radius 2 is 1.63 bits per heavy atom. The molecule has 6 nitrogen and oxygen atoms in total. The van der Waals surface area contributed by atoms with Crippen molar-refractivity contribution in [1.82, 2.24) is 14.8 Å². The molecule has 0 saturated carbocycles. The van der Waals surface area contributed by atoms with E-state index in [2.05, 4.69) is 28.9 Å². The molecule has 0 bridgehead atoms. The molecule has 43 heavy (non-hydrogen) atoms. The van der Waals surface area contributed by atoms with E-state index in [1.165, 1.54) is 12.1 Å². The zero-order valence-electron chi connectivity index (χ0n) is 25.4. The molecule has 0 unspecified atom stereocenters. The number of hydrogen-bond donors (Lipinski definition) is 2. The molecule has 0 fully saturated rings. The van der Waals surface area contributed by atoms with Crippen LogP contribution in [-0.4, -0.2) is 46.5 Å². The average molecular weight is 586 g/mol. The molecule has 0 atom stereocenters. The van der Waals surface area contributed by atoms with Crippen LogP contribution in [0.2, 0.25) is 0 Å². The minimum absolute atomic E-state index is 0.0915. The van der Waals surface area contributed by atoms with Gasteiger partial charge in [0.25, 0.3) is 0 Å². The molecule has 4 aromatic rings. The first-order valence-corrected chi connectivity index (χ1v) is 15.5. The van der Waals surface area contributed by atoms with Crippen molar-refractivity contribution >= 4 is 22.7 Å². The number of benzene rings is 3. The fourth-order valence-corrected chi connectivity index (χ4v) is 5.55. The lowest BCUT2D eigenvalue weighted by Crippen LogP contribution is -2.27. The molecular formula is C36H44FN3O3. The fourth-order valence-electron chi connectivity index (χ4n) is 5.55. The molecule has 0 aliphatic heterocycles. The first-order chi connectivity index (χ1) is 20.9. The number of nitrogens with one attached hydrogen (secondary N) is 1. The van der Waals surface area contributed by atoms with Crippen LogP contribution in [0.3, 0.4) is 0 Å². The van der Waals surface area contributed by atoms with Gasteiger partial charge < -0.3 is 19.9 Å². The topological polar surface area (TPSA) is 74.6 Å². The number of halogens is 1. The lowest BCUT2D eigenvalue weighted by Gasteiger charge is -2.16. The van der Waals surface area contributed by atoms with Crippen LogP contribution >= 0.6 is 0 Å². The number of carbonyl (C=O) groups excluding carboxylic acids is 2. The van der Waals surface area contributed by atoms with Crippen LogP contribution in [0.5, 0.6) is 5.75 Å². The Bertz CT molecular complexity index is 1480. The van der Waals surface area contributed by atoms with E-state index in [1.54, 1.807) is 24.3 Å². The maximum atomic E-state index is 13.9. The fraction of sp³-hybridized carbons (Fsp3) is 0.389. The van der Waals surface area contributed by atoms with Crippen molar-refractivity contribution < 1.29 is 19.1 Å². The van der Waals surface area contributed by atoms with Crippen molar-refractivity contribution in [2.75, 3.05) is 20.1 Å². The van der Waals surface area contributed by atoms with Crippen molar-refractivity contribution in [3.05, 3.63) is 89.7 Å². The average Bonchev–Trinajstić information content (AvgIpc) is 3.29. The van der Waals surface area contributed by atoms with Crippen molar-refractivity contribution in [1.29, 1.82) is 0 Å². The maximum absolute atomic E-state index is 13.9. The van der Waals surface area contributed by atoms with Crippen LogP contribution in [-0.2, 0) is 22.6 Å². The van der Waals surface area contributed by atoms with Gasteiger partial charge in [0.1, 0.15) is 11.6 Å². The summed E-state index contributed by atoms with van der Waals surface area (Å²) < 4.78 is 16.0. The highest BCUT2D eigenvalue weighted by molar-refractivity contribution is 5.96. The summed E-state index contributed by atoms with van der Waals surface area (Å²) in [6.45, 7) is 4.10. The molecule has 0 radical (unpaired) electrons. The van der Waals surface area contributed by atoms with Gasteiger partial charge in [0, 0.05) is 44.0 Å². The second kappa shape index (κ2) is 15.9. The number of aromatic nitrogens is 1. The summed E-state index contributed by atoms with van der Waals surface area (Å²) in [6.07, 6.45) is 7.67. The van der Waals surface area contributed by atoms with Gasteiger partial charge >= 0.3 is 0 Å². The van der Waals surface area contributed by atoms with E-state index in [0.717, 1.165) is 84.8 Å². The van der Waals surface area contributed by atoms with E-state index < -0.39 is 0 Å². The molecule has 0 saturated heterocycles. The van der Waals surface area contributed by atoms with Gasteiger partial charge in [0.15, 0.2) is 0 Å². The van der Waals surface area contributed by atoms with Crippen LogP contribution < -0.4 is 5.32 Å². The molecule has 2 N–H and O–H groups in total. The molecule has 3 aromatic carbocycles. The van der Waals surface area contributed by atoms with Gasteiger partial charge in [-0.15, -0.1) is 0 Å². The van der Waals surface area contributed by atoms with Crippen molar-refractivity contribution in [3.8, 4) is 17.0 Å². The standard InChI is InChI=1S/C36H44FN3O3/c1-3-4-23-39(2)35(43)15-11-6-5-7-12-22-38-34(42)25-32-31-24-30(41)20-21-33(31)40(26-27-13-9-8-10-14-27)36(32)28-16-18-29(37)19-17-28/h8-10,13-14,16-21,24,41H,3-7,11-12,15,22-23,25-26H2,1-2H3,(H,38,42). The predicted octanol–water partition coefficient (Wildman–Crippen LogP) is 7.46. The van der Waals surface area contributed by atoms with E-state index in [0.29, 0.717) is 19.5 Å². The molecule has 0 aliphatic carbocycles. The van der Waals surface area contributed by atoms with E-state index in [-0.39, 0.29) is 29.8 Å². The Morgan fingerprint density at radius 3 is 2.37 bits per heavy atom. The molecule has 1 aromatic heterocycles. The number of aromatic hydroxyl groups is 1. The molecular weight excluding hydrogens is 541 g/mol. The van der Waals surface area contributed by atoms with E-state index in [4.69, 9.17) is 0 Å². The van der Waals surface area contributed by atoms with Gasteiger partial charge in [-0.2, -0.15) is 0 Å². The van der Waals surface area contributed by atoms with E-state index in [9.17, 15) is 19.1 Å². The maximum Gasteiger partial charge on any atom is 0.224 e. The predicted molar refractivity (Wildman–Crippen MR) is 172 cm³/mol. The number of carbonyl (C=O) groups is 2. The first kappa shape index (κ1) is 31.8. The van der Waals surface area contributed by atoms with Gasteiger partial charge in [-0.1, -0.05) is 62.9 Å². The van der Waals surface area contributed by atoms with Gasteiger partial charge in [0.2, 0.25) is 11.8 Å². The molecule has 4 rings (SSSR count). The summed E-state index contributed by atoms with van der Waals surface area (Å²) in [4.78, 5) is 27.2. The number of hydrogen-bond acceptors (Lipinski definition) is 3. The third-order valence-corrected chi connectivity index (χ3v) is 7.95. The number of nitrogens with zero attached hydrogens (tertiary/aromatic N) is 2. The minimum Gasteiger partial charge on any atom is -0.508 e. The third kappa shape index (κ3) is 8.93. The molecule has 1 heterocycles. The second-order valence-electron chi connectivity index (χ2n) is 11.3. The number of fused-ring (bicyclic) bond motifs is 1. The Morgan fingerprint density at radius 1 is 0.907 bits per heavy atom. The van der Waals surface area contributed by atoms with Gasteiger partial charge in [0.05, 0.1) is 12.1 Å². The zero-order valence-corrected chi connectivity index (χ0v) is 25.4. The monoisotopic (exact) mass is 585 g/mol. The summed E-state index contributed by atoms with van der Waals surface area (Å²) in [5.41, 5.74) is 4.46. The van der Waals surface area contributed by atoms with Gasteiger partial charge in [-0.05, 0) is 78.4 Å². The highest BCUT2D eigenvalue weighted by Crippen LogP contribution is 2.37. The number of amides is 2. The van der Waals surface area contributed by atoms with Crippen molar-refractivity contribution in [2.24, 2.45) is 0 Å². The summed E-state index contributed by atoms with van der Waals surface area (Å²) in [5, 5.41) is 14.2. The lowest BCUT2D eigenvalue weighted by atomic mass is 10.0. The molecule has 0 spiro atoms. The van der Waals surface area contributed by atoms with Gasteiger partial charge in [-0.3, -0.25) is 9.59 Å². The van der Waals surface area contributed by atoms with Gasteiger partial charge in [-0.25, -0.2) is 4.39 Å². The second-order valence-corrected chi connectivity index (χ2v) is 11.3. The number of unbranched alkanes of at least 4 members (excludes halogenated alkanes) is 5. The lowest BCUT2D eigenvalue weighted by molar-refractivity contribution is -0.130. The normalized spacial score (nSPS) is 11.1. The molecule has 228 valence electrons. The number of rotatable bonds is 16. The first-order valence-electron chi connectivity index (χ1n) is 15.5. The third-order valence-electron chi connectivity index (χ3n) is 7.95. The Kier molecular flexibility index (Phi) is 11.8. The number of phenols is 1. The van der Waals surface area contributed by atoms with Crippen LogP contribution in [0.15, 0.2) is 72.8 Å². The van der Waals surface area contributed by atoms with E-state index >= 15 is 0 Å². The SMILES string of the molecule is CCCCN(C)C(=O)CCCCCCCNC(=O)Cc1c(-c2ccc(F)cc2)n(Cc2ccccc2)c2ccc(O)cc12. The molecule has 7 heteroatoms. The van der Waals surface area contributed by atoms with Crippen LogP contribution in [0.25, 0.3) is 22.2 Å². The zero-order chi connectivity index (χ0) is 30.6. The summed E-state index contributed by atoms with van der Waals surface area (Å²) in [5.74, 6) is -0.0614. The largest absolute Gasteiger partial charge is 0.508 e. The van der Waals surface area contributed by atoms with Crippen molar-refractivity contribution in [2.45, 2.75) is 71.3 Å². The molecule has 0 aliphatic rings. The van der Waals surface area contributed by atoms with Crippen LogP contribution in [0, 0.1) is 5.82 Å². The minimum atomic E-state index is -0.322. The number of phenolic OH excluding ortho intramolecular Hbond substituents is 1. The highest BCUT2D eigenvalue weighted by atomic mass is 19.1. The van der Waals surface area contributed by atoms with E-state index in [1.807, 2.05) is 36.2 Å². The summed E-state index contributed by atoms with van der Waals surface area (Å²) in [7, 11) is 1.88. The Hall–Kier alpha value is -4.13.